The average molecular weight is 298 g/mol. The van der Waals surface area contributed by atoms with E-state index in [4.69, 9.17) is 10.5 Å². The normalized spacial score (nSPS) is 13.6. The first-order valence-corrected chi connectivity index (χ1v) is 7.88. The summed E-state index contributed by atoms with van der Waals surface area (Å²) >= 11 is 0. The van der Waals surface area contributed by atoms with Crippen molar-refractivity contribution in [3.05, 3.63) is 65.7 Å². The Kier molecular flexibility index (Phi) is 6.44. The molecule has 0 aliphatic rings. The lowest BCUT2D eigenvalue weighted by Crippen LogP contribution is -2.31. The van der Waals surface area contributed by atoms with Crippen molar-refractivity contribution >= 4 is 0 Å². The quantitative estimate of drug-likeness (QED) is 0.784. The van der Waals surface area contributed by atoms with Crippen LogP contribution in [0, 0.1) is 0 Å². The molecule has 0 aliphatic carbocycles. The first-order chi connectivity index (χ1) is 10.6. The average Bonchev–Trinajstić information content (AvgIpc) is 2.52. The number of rotatable bonds is 8. The van der Waals surface area contributed by atoms with Crippen molar-refractivity contribution < 1.29 is 4.74 Å². The van der Waals surface area contributed by atoms with Crippen molar-refractivity contribution in [2.24, 2.45) is 5.73 Å². The number of hydrogen-bond acceptors (Lipinski definition) is 3. The molecule has 22 heavy (non-hydrogen) atoms. The molecule has 2 aromatic rings. The number of nitrogens with one attached hydrogen (secondary N) is 1. The Hall–Kier alpha value is -1.84. The van der Waals surface area contributed by atoms with Gasteiger partial charge in [0.1, 0.15) is 12.4 Å². The van der Waals surface area contributed by atoms with Gasteiger partial charge in [0.05, 0.1) is 0 Å². The molecule has 118 valence electrons. The Morgan fingerprint density at radius 2 is 1.64 bits per heavy atom. The smallest absolute Gasteiger partial charge is 0.119 e. The van der Waals surface area contributed by atoms with E-state index in [1.165, 1.54) is 11.1 Å². The lowest BCUT2D eigenvalue weighted by Gasteiger charge is -2.16. The Bertz CT molecular complexity index is 537. The summed E-state index contributed by atoms with van der Waals surface area (Å²) in [6, 6.07) is 19.1. The molecule has 0 aliphatic heterocycles. The van der Waals surface area contributed by atoms with E-state index in [9.17, 15) is 0 Å². The summed E-state index contributed by atoms with van der Waals surface area (Å²) in [6.45, 7) is 5.66. The largest absolute Gasteiger partial charge is 0.489 e. The van der Waals surface area contributed by atoms with Gasteiger partial charge in [-0.1, -0.05) is 42.5 Å². The van der Waals surface area contributed by atoms with Gasteiger partial charge in [0.2, 0.25) is 0 Å². The van der Waals surface area contributed by atoms with Gasteiger partial charge in [-0.25, -0.2) is 0 Å². The molecule has 0 bridgehead atoms. The summed E-state index contributed by atoms with van der Waals surface area (Å²) < 4.78 is 5.79. The van der Waals surface area contributed by atoms with Gasteiger partial charge < -0.3 is 15.8 Å². The minimum atomic E-state index is 0.233. The zero-order valence-electron chi connectivity index (χ0n) is 13.5. The van der Waals surface area contributed by atoms with Crippen molar-refractivity contribution in [1.82, 2.24) is 5.32 Å². The molecule has 0 amide bonds. The summed E-state index contributed by atoms with van der Waals surface area (Å²) in [5.74, 6) is 0.899. The van der Waals surface area contributed by atoms with E-state index >= 15 is 0 Å². The van der Waals surface area contributed by atoms with Crippen LogP contribution in [-0.4, -0.2) is 12.1 Å². The molecule has 0 spiro atoms. The Morgan fingerprint density at radius 1 is 0.955 bits per heavy atom. The zero-order valence-corrected chi connectivity index (χ0v) is 13.5. The van der Waals surface area contributed by atoms with Crippen LogP contribution in [-0.2, 0) is 13.2 Å². The maximum atomic E-state index is 5.81. The van der Waals surface area contributed by atoms with Gasteiger partial charge in [-0.2, -0.15) is 0 Å². The van der Waals surface area contributed by atoms with Crippen molar-refractivity contribution in [3.63, 3.8) is 0 Å². The van der Waals surface area contributed by atoms with Gasteiger partial charge in [0.25, 0.3) is 0 Å². The molecular formula is C19H26N2O. The van der Waals surface area contributed by atoms with Crippen LogP contribution in [0.15, 0.2) is 54.6 Å². The predicted molar refractivity (Wildman–Crippen MR) is 91.8 cm³/mol. The van der Waals surface area contributed by atoms with Crippen LogP contribution >= 0.6 is 0 Å². The number of ether oxygens (including phenoxy) is 1. The topological polar surface area (TPSA) is 47.3 Å². The molecule has 0 radical (unpaired) electrons. The third-order valence-corrected chi connectivity index (χ3v) is 3.55. The molecule has 3 nitrogen and oxygen atoms in total. The molecule has 2 aromatic carbocycles. The molecule has 0 aromatic heterocycles. The van der Waals surface area contributed by atoms with Crippen molar-refractivity contribution in [2.45, 2.75) is 45.5 Å². The van der Waals surface area contributed by atoms with Crippen LogP contribution in [0.2, 0.25) is 0 Å². The number of benzene rings is 2. The highest BCUT2D eigenvalue weighted by molar-refractivity contribution is 5.27. The van der Waals surface area contributed by atoms with Gasteiger partial charge >= 0.3 is 0 Å². The fourth-order valence-electron chi connectivity index (χ4n) is 2.38. The van der Waals surface area contributed by atoms with E-state index in [-0.39, 0.29) is 6.04 Å². The Labute approximate surface area is 133 Å². The molecule has 0 saturated heterocycles. The summed E-state index contributed by atoms with van der Waals surface area (Å²) in [7, 11) is 0. The van der Waals surface area contributed by atoms with Gasteiger partial charge in [-0.15, -0.1) is 0 Å². The SMILES string of the molecule is CC(N)CC(C)NCc1ccc(OCc2ccccc2)cc1. The van der Waals surface area contributed by atoms with Crippen LogP contribution in [0.3, 0.4) is 0 Å². The van der Waals surface area contributed by atoms with Crippen LogP contribution < -0.4 is 15.8 Å². The van der Waals surface area contributed by atoms with Crippen molar-refractivity contribution in [1.29, 1.82) is 0 Å². The van der Waals surface area contributed by atoms with Crippen LogP contribution in [0.25, 0.3) is 0 Å². The number of nitrogens with two attached hydrogens (primary N) is 1. The highest BCUT2D eigenvalue weighted by Gasteiger charge is 2.04. The summed E-state index contributed by atoms with van der Waals surface area (Å²) in [4.78, 5) is 0. The summed E-state index contributed by atoms with van der Waals surface area (Å²) in [6.07, 6.45) is 0.984. The van der Waals surface area contributed by atoms with E-state index in [0.717, 1.165) is 18.7 Å². The third kappa shape index (κ3) is 5.88. The van der Waals surface area contributed by atoms with Gasteiger partial charge in [-0.3, -0.25) is 0 Å². The van der Waals surface area contributed by atoms with Gasteiger partial charge in [0.15, 0.2) is 0 Å². The second-order valence-electron chi connectivity index (χ2n) is 5.91. The highest BCUT2D eigenvalue weighted by Crippen LogP contribution is 2.14. The third-order valence-electron chi connectivity index (χ3n) is 3.55. The fourth-order valence-corrected chi connectivity index (χ4v) is 2.38. The zero-order chi connectivity index (χ0) is 15.8. The van der Waals surface area contributed by atoms with Crippen LogP contribution in [0.5, 0.6) is 5.75 Å². The first-order valence-electron chi connectivity index (χ1n) is 7.88. The molecule has 2 rings (SSSR count). The van der Waals surface area contributed by atoms with Crippen LogP contribution in [0.1, 0.15) is 31.4 Å². The highest BCUT2D eigenvalue weighted by atomic mass is 16.5. The lowest BCUT2D eigenvalue weighted by atomic mass is 10.1. The van der Waals surface area contributed by atoms with E-state index in [2.05, 4.69) is 36.5 Å². The maximum Gasteiger partial charge on any atom is 0.119 e. The van der Waals surface area contributed by atoms with E-state index in [0.29, 0.717) is 12.6 Å². The second-order valence-corrected chi connectivity index (χ2v) is 5.91. The number of hydrogen-bond donors (Lipinski definition) is 2. The lowest BCUT2D eigenvalue weighted by molar-refractivity contribution is 0.306. The minimum absolute atomic E-state index is 0.233. The standard InChI is InChI=1S/C19H26N2O/c1-15(20)12-16(2)21-13-17-8-10-19(11-9-17)22-14-18-6-4-3-5-7-18/h3-11,15-16,21H,12-14,20H2,1-2H3. The van der Waals surface area contributed by atoms with Gasteiger partial charge in [0, 0.05) is 18.6 Å². The molecule has 0 saturated carbocycles. The van der Waals surface area contributed by atoms with E-state index < -0.39 is 0 Å². The van der Waals surface area contributed by atoms with E-state index in [1.807, 2.05) is 37.3 Å². The molecule has 0 fully saturated rings. The van der Waals surface area contributed by atoms with Gasteiger partial charge in [-0.05, 0) is 43.5 Å². The summed E-state index contributed by atoms with van der Waals surface area (Å²) in [5.41, 5.74) is 8.24. The summed E-state index contributed by atoms with van der Waals surface area (Å²) in [5, 5.41) is 3.49. The molecular weight excluding hydrogens is 272 g/mol. The molecule has 3 heteroatoms. The first kappa shape index (κ1) is 16.5. The second kappa shape index (κ2) is 8.57. The predicted octanol–water partition coefficient (Wildman–Crippen LogP) is 3.48. The monoisotopic (exact) mass is 298 g/mol. The minimum Gasteiger partial charge on any atom is -0.489 e. The van der Waals surface area contributed by atoms with Crippen molar-refractivity contribution in [3.8, 4) is 5.75 Å². The molecule has 0 heterocycles. The van der Waals surface area contributed by atoms with Crippen molar-refractivity contribution in [2.75, 3.05) is 0 Å². The van der Waals surface area contributed by atoms with E-state index in [1.54, 1.807) is 0 Å². The molecule has 3 N–H and O–H groups in total. The molecule has 2 atom stereocenters. The fraction of sp³-hybridized carbons (Fsp3) is 0.368. The maximum absolute atomic E-state index is 5.81. The Morgan fingerprint density at radius 3 is 2.27 bits per heavy atom. The van der Waals surface area contributed by atoms with Crippen LogP contribution in [0.4, 0.5) is 0 Å². The Balaban J connectivity index is 1.78. The molecule has 2 unspecified atom stereocenters.